The molecule has 0 aromatic carbocycles. The van der Waals surface area contributed by atoms with Crippen molar-refractivity contribution in [2.24, 2.45) is 0 Å². The fourth-order valence-electron chi connectivity index (χ4n) is 2.13. The summed E-state index contributed by atoms with van der Waals surface area (Å²) >= 11 is 0. The topological polar surface area (TPSA) is 90.0 Å². The second-order valence-corrected chi connectivity index (χ2v) is 5.19. The van der Waals surface area contributed by atoms with Crippen LogP contribution in [-0.4, -0.2) is 64.5 Å². The number of aliphatic carboxylic acids is 1. The zero-order valence-electron chi connectivity index (χ0n) is 11.8. The molecule has 0 radical (unpaired) electrons. The van der Waals surface area contributed by atoms with Gasteiger partial charge in [-0.15, -0.1) is 0 Å². The predicted octanol–water partition coefficient (Wildman–Crippen LogP) is 0.112. The van der Waals surface area contributed by atoms with E-state index in [1.54, 1.807) is 32.7 Å². The fraction of sp³-hybridized carbons (Fsp3) is 0.750. The molecular weight excluding hydrogens is 250 g/mol. The van der Waals surface area contributed by atoms with Gasteiger partial charge in [-0.05, 0) is 20.3 Å². The third-order valence-corrected chi connectivity index (χ3v) is 3.45. The molecular formula is C12H21N3O4. The molecule has 3 amide bonds. The monoisotopic (exact) mass is 271 g/mol. The maximum Gasteiger partial charge on any atom is 0.326 e. The van der Waals surface area contributed by atoms with E-state index in [1.165, 1.54) is 4.90 Å². The Morgan fingerprint density at radius 3 is 2.47 bits per heavy atom. The first kappa shape index (κ1) is 15.3. The van der Waals surface area contributed by atoms with Gasteiger partial charge in [-0.2, -0.15) is 0 Å². The van der Waals surface area contributed by atoms with Gasteiger partial charge in [0, 0.05) is 20.1 Å². The fourth-order valence-corrected chi connectivity index (χ4v) is 2.13. The van der Waals surface area contributed by atoms with Crippen LogP contribution in [0.1, 0.15) is 27.2 Å². The molecule has 7 nitrogen and oxygen atoms in total. The molecule has 1 heterocycles. The van der Waals surface area contributed by atoms with Crippen molar-refractivity contribution in [2.45, 2.75) is 38.8 Å². The molecule has 7 heteroatoms. The summed E-state index contributed by atoms with van der Waals surface area (Å²) in [6.45, 7) is 5.83. The lowest BCUT2D eigenvalue weighted by atomic mass is 9.98. The van der Waals surface area contributed by atoms with Gasteiger partial charge in [0.15, 0.2) is 0 Å². The first-order valence-corrected chi connectivity index (χ1v) is 6.28. The Bertz CT molecular complexity index is 394. The quantitative estimate of drug-likeness (QED) is 0.762. The van der Waals surface area contributed by atoms with Crippen molar-refractivity contribution in [1.82, 2.24) is 15.1 Å². The van der Waals surface area contributed by atoms with E-state index in [1.807, 2.05) is 0 Å². The molecule has 0 spiro atoms. The van der Waals surface area contributed by atoms with Gasteiger partial charge in [0.1, 0.15) is 11.6 Å². The minimum absolute atomic E-state index is 0.155. The van der Waals surface area contributed by atoms with E-state index in [0.717, 1.165) is 0 Å². The van der Waals surface area contributed by atoms with Gasteiger partial charge in [-0.25, -0.2) is 9.59 Å². The molecule has 1 fully saturated rings. The van der Waals surface area contributed by atoms with Crippen molar-refractivity contribution in [3.63, 3.8) is 0 Å². The first-order chi connectivity index (χ1) is 8.71. The highest BCUT2D eigenvalue weighted by atomic mass is 16.4. The van der Waals surface area contributed by atoms with Gasteiger partial charge in [0.05, 0.1) is 0 Å². The molecule has 1 aliphatic heterocycles. The summed E-state index contributed by atoms with van der Waals surface area (Å²) in [5, 5.41) is 11.4. The Labute approximate surface area is 112 Å². The minimum Gasteiger partial charge on any atom is -0.480 e. The molecule has 0 aromatic heterocycles. The van der Waals surface area contributed by atoms with Gasteiger partial charge < -0.3 is 20.2 Å². The number of piperazine rings is 1. The molecule has 0 aliphatic carbocycles. The summed E-state index contributed by atoms with van der Waals surface area (Å²) < 4.78 is 0. The predicted molar refractivity (Wildman–Crippen MR) is 68.7 cm³/mol. The second kappa shape index (κ2) is 5.46. The maximum atomic E-state index is 12.1. The number of carboxylic acid groups (broad SMARTS) is 1. The van der Waals surface area contributed by atoms with Crippen LogP contribution in [-0.2, 0) is 9.59 Å². The Balaban J connectivity index is 2.82. The summed E-state index contributed by atoms with van der Waals surface area (Å²) in [6, 6.07) is -1.45. The number of carboxylic acids is 1. The van der Waals surface area contributed by atoms with E-state index in [2.05, 4.69) is 5.32 Å². The van der Waals surface area contributed by atoms with Gasteiger partial charge in [-0.1, -0.05) is 6.92 Å². The lowest BCUT2D eigenvalue weighted by Gasteiger charge is -2.44. The van der Waals surface area contributed by atoms with E-state index in [0.29, 0.717) is 19.5 Å². The zero-order valence-corrected chi connectivity index (χ0v) is 11.8. The Kier molecular flexibility index (Phi) is 4.39. The van der Waals surface area contributed by atoms with Gasteiger partial charge >= 0.3 is 12.0 Å². The van der Waals surface area contributed by atoms with Gasteiger partial charge in [0.2, 0.25) is 5.91 Å². The molecule has 1 saturated heterocycles. The van der Waals surface area contributed by atoms with Crippen molar-refractivity contribution in [1.29, 1.82) is 0 Å². The van der Waals surface area contributed by atoms with Crippen LogP contribution in [0.5, 0.6) is 0 Å². The Morgan fingerprint density at radius 1 is 1.42 bits per heavy atom. The van der Waals surface area contributed by atoms with Crippen LogP contribution in [0, 0.1) is 0 Å². The largest absolute Gasteiger partial charge is 0.480 e. The molecule has 0 bridgehead atoms. The van der Waals surface area contributed by atoms with Crippen molar-refractivity contribution < 1.29 is 19.5 Å². The number of amides is 3. The van der Waals surface area contributed by atoms with Crippen LogP contribution in [0.4, 0.5) is 4.79 Å². The van der Waals surface area contributed by atoms with E-state index >= 15 is 0 Å². The van der Waals surface area contributed by atoms with Crippen molar-refractivity contribution >= 4 is 17.9 Å². The van der Waals surface area contributed by atoms with Gasteiger partial charge in [0.25, 0.3) is 0 Å². The third-order valence-electron chi connectivity index (χ3n) is 3.45. The van der Waals surface area contributed by atoms with E-state index in [4.69, 9.17) is 5.11 Å². The Morgan fingerprint density at radius 2 is 2.00 bits per heavy atom. The maximum absolute atomic E-state index is 12.1. The summed E-state index contributed by atoms with van der Waals surface area (Å²) in [4.78, 5) is 38.0. The summed E-state index contributed by atoms with van der Waals surface area (Å²) in [6.07, 6.45) is 0.295. The zero-order chi connectivity index (χ0) is 14.8. The number of likely N-dealkylation sites (N-methyl/N-ethyl adjacent to an activating group) is 1. The average molecular weight is 271 g/mol. The summed E-state index contributed by atoms with van der Waals surface area (Å²) in [5.41, 5.74) is -0.964. The first-order valence-electron chi connectivity index (χ1n) is 6.28. The Hall–Kier alpha value is -1.79. The molecule has 1 atom stereocenters. The minimum atomic E-state index is -1.07. The lowest BCUT2D eigenvalue weighted by molar-refractivity contribution is -0.144. The molecule has 2 N–H and O–H groups in total. The van der Waals surface area contributed by atoms with Crippen LogP contribution in [0.3, 0.4) is 0 Å². The van der Waals surface area contributed by atoms with Crippen LogP contribution >= 0.6 is 0 Å². The van der Waals surface area contributed by atoms with E-state index in [9.17, 15) is 14.4 Å². The van der Waals surface area contributed by atoms with Crippen molar-refractivity contribution in [3.05, 3.63) is 0 Å². The highest BCUT2D eigenvalue weighted by molar-refractivity contribution is 5.92. The van der Waals surface area contributed by atoms with Crippen LogP contribution < -0.4 is 5.32 Å². The molecule has 1 aliphatic rings. The number of hydrogen-bond donors (Lipinski definition) is 2. The smallest absolute Gasteiger partial charge is 0.326 e. The highest BCUT2D eigenvalue weighted by Crippen LogP contribution is 2.21. The van der Waals surface area contributed by atoms with E-state index < -0.39 is 23.6 Å². The lowest BCUT2D eigenvalue weighted by Crippen LogP contribution is -2.66. The van der Waals surface area contributed by atoms with Crippen LogP contribution in [0.2, 0.25) is 0 Å². The summed E-state index contributed by atoms with van der Waals surface area (Å²) in [7, 11) is 1.69. The number of nitrogens with zero attached hydrogens (tertiary/aromatic N) is 2. The second-order valence-electron chi connectivity index (χ2n) is 5.19. The van der Waals surface area contributed by atoms with E-state index in [-0.39, 0.29) is 5.91 Å². The number of urea groups is 1. The normalized spacial score (nSPS) is 20.1. The number of hydrogen-bond acceptors (Lipinski definition) is 3. The molecule has 0 unspecified atom stereocenters. The molecule has 0 saturated carbocycles. The third kappa shape index (κ3) is 2.97. The molecule has 1 rings (SSSR count). The van der Waals surface area contributed by atoms with Crippen LogP contribution in [0.25, 0.3) is 0 Å². The van der Waals surface area contributed by atoms with Gasteiger partial charge in [-0.3, -0.25) is 4.79 Å². The number of carbonyl (C=O) groups is 3. The SMILES string of the molecule is CC[C@@H](NC(=O)N1CCN(C)C(=O)C1(C)C)C(=O)O. The number of rotatable bonds is 3. The summed E-state index contributed by atoms with van der Waals surface area (Å²) in [5.74, 6) is -1.23. The van der Waals surface area contributed by atoms with Crippen LogP contribution in [0.15, 0.2) is 0 Å². The molecule has 19 heavy (non-hydrogen) atoms. The number of carbonyl (C=O) groups excluding carboxylic acids is 2. The molecule has 108 valence electrons. The standard InChI is InChI=1S/C12H21N3O4/c1-5-8(9(16)17)13-11(19)15-7-6-14(4)10(18)12(15,2)3/h8H,5-7H2,1-4H3,(H,13,19)(H,16,17)/t8-/m1/s1. The van der Waals surface area contributed by atoms with Crippen molar-refractivity contribution in [3.8, 4) is 0 Å². The average Bonchev–Trinajstić information content (AvgIpc) is 2.32. The highest BCUT2D eigenvalue weighted by Gasteiger charge is 2.43. The van der Waals surface area contributed by atoms with Crippen molar-refractivity contribution in [2.75, 3.05) is 20.1 Å². The molecule has 0 aromatic rings. The number of nitrogens with one attached hydrogen (secondary N) is 1.